The molecule has 0 amide bonds. The van der Waals surface area contributed by atoms with Gasteiger partial charge < -0.3 is 11.1 Å². The zero-order valence-corrected chi connectivity index (χ0v) is 8.14. The van der Waals surface area contributed by atoms with E-state index in [-0.39, 0.29) is 0 Å². The molecule has 2 nitrogen and oxygen atoms in total. The van der Waals surface area contributed by atoms with Crippen LogP contribution in [0, 0.1) is 5.92 Å². The summed E-state index contributed by atoms with van der Waals surface area (Å²) in [5.41, 5.74) is 6.99. The van der Waals surface area contributed by atoms with Crippen LogP contribution < -0.4 is 11.1 Å². The number of hydrogen-bond acceptors (Lipinski definition) is 2. The Morgan fingerprint density at radius 2 is 2.17 bits per heavy atom. The van der Waals surface area contributed by atoms with Crippen molar-refractivity contribution < 1.29 is 0 Å². The van der Waals surface area contributed by atoms with E-state index in [0.29, 0.717) is 18.0 Å². The minimum absolute atomic E-state index is 0.410. The predicted molar refractivity (Wildman–Crippen MR) is 52.7 cm³/mol. The Bertz CT molecular complexity index is 165. The number of nitrogens with one attached hydrogen (secondary N) is 1. The fourth-order valence-corrected chi connectivity index (χ4v) is 1.90. The normalized spacial score (nSPS) is 36.1. The average Bonchev–Trinajstić information content (AvgIpc) is 1.96. The highest BCUT2D eigenvalue weighted by Gasteiger charge is 2.24. The molecule has 0 aromatic rings. The summed E-state index contributed by atoms with van der Waals surface area (Å²) in [4.78, 5) is 0. The Morgan fingerprint density at radius 3 is 2.67 bits per heavy atom. The lowest BCUT2D eigenvalue weighted by Gasteiger charge is -2.32. The first-order valence-corrected chi connectivity index (χ1v) is 4.77. The summed E-state index contributed by atoms with van der Waals surface area (Å²) in [6, 6.07) is 1.02. The third kappa shape index (κ3) is 2.52. The van der Waals surface area contributed by atoms with E-state index < -0.39 is 0 Å². The van der Waals surface area contributed by atoms with Gasteiger partial charge in [0.1, 0.15) is 0 Å². The molecule has 1 rings (SSSR count). The number of hydrogen-bond donors (Lipinski definition) is 2. The van der Waals surface area contributed by atoms with Crippen LogP contribution in [0.3, 0.4) is 0 Å². The van der Waals surface area contributed by atoms with Crippen molar-refractivity contribution in [1.82, 2.24) is 5.32 Å². The fraction of sp³-hybridized carbons (Fsp3) is 0.800. The lowest BCUT2D eigenvalue weighted by Crippen LogP contribution is -2.41. The van der Waals surface area contributed by atoms with Gasteiger partial charge in [-0.3, -0.25) is 0 Å². The first kappa shape index (κ1) is 9.59. The Kier molecular flexibility index (Phi) is 3.15. The second-order valence-electron chi connectivity index (χ2n) is 4.08. The Morgan fingerprint density at radius 1 is 1.50 bits per heavy atom. The zero-order chi connectivity index (χ0) is 9.14. The van der Waals surface area contributed by atoms with Gasteiger partial charge in [-0.2, -0.15) is 0 Å². The third-order valence-electron chi connectivity index (χ3n) is 2.69. The SMILES string of the molecule is C=C(C)NC1CCC(N)C(C)C1. The zero-order valence-electron chi connectivity index (χ0n) is 8.14. The van der Waals surface area contributed by atoms with Crippen molar-refractivity contribution in [3.8, 4) is 0 Å². The molecule has 1 fully saturated rings. The maximum atomic E-state index is 5.92. The van der Waals surface area contributed by atoms with E-state index >= 15 is 0 Å². The minimum atomic E-state index is 0.410. The largest absolute Gasteiger partial charge is 0.386 e. The molecule has 0 bridgehead atoms. The maximum Gasteiger partial charge on any atom is 0.0261 e. The van der Waals surface area contributed by atoms with Gasteiger partial charge in [0, 0.05) is 17.8 Å². The highest BCUT2D eigenvalue weighted by Crippen LogP contribution is 2.23. The number of allylic oxidation sites excluding steroid dienone is 1. The summed E-state index contributed by atoms with van der Waals surface area (Å²) < 4.78 is 0. The van der Waals surface area contributed by atoms with Crippen LogP contribution in [0.5, 0.6) is 0 Å². The predicted octanol–water partition coefficient (Wildman–Crippen LogP) is 1.63. The molecule has 1 saturated carbocycles. The van der Waals surface area contributed by atoms with E-state index in [1.165, 1.54) is 12.8 Å². The topological polar surface area (TPSA) is 38.0 Å². The molecule has 2 heteroatoms. The Balaban J connectivity index is 2.35. The van der Waals surface area contributed by atoms with Crippen molar-refractivity contribution in [2.24, 2.45) is 11.7 Å². The second-order valence-corrected chi connectivity index (χ2v) is 4.08. The van der Waals surface area contributed by atoms with Crippen LogP contribution >= 0.6 is 0 Å². The molecule has 0 aliphatic heterocycles. The van der Waals surface area contributed by atoms with Gasteiger partial charge in [0.05, 0.1) is 0 Å². The molecule has 0 radical (unpaired) electrons. The van der Waals surface area contributed by atoms with Gasteiger partial charge in [0.15, 0.2) is 0 Å². The molecule has 3 atom stereocenters. The first-order chi connectivity index (χ1) is 5.59. The Labute approximate surface area is 75.2 Å². The van der Waals surface area contributed by atoms with Crippen LogP contribution in [0.25, 0.3) is 0 Å². The molecule has 1 aliphatic carbocycles. The molecule has 1 aliphatic rings. The van der Waals surface area contributed by atoms with Gasteiger partial charge in [-0.05, 0) is 32.1 Å². The van der Waals surface area contributed by atoms with E-state index in [9.17, 15) is 0 Å². The van der Waals surface area contributed by atoms with E-state index in [2.05, 4.69) is 18.8 Å². The molecule has 0 aromatic carbocycles. The van der Waals surface area contributed by atoms with Crippen LogP contribution in [0.1, 0.15) is 33.1 Å². The summed E-state index contributed by atoms with van der Waals surface area (Å²) in [5.74, 6) is 0.649. The summed E-state index contributed by atoms with van der Waals surface area (Å²) in [6.07, 6.45) is 3.53. The van der Waals surface area contributed by atoms with Gasteiger partial charge in [-0.25, -0.2) is 0 Å². The molecule has 12 heavy (non-hydrogen) atoms. The van der Waals surface area contributed by atoms with Gasteiger partial charge in [0.25, 0.3) is 0 Å². The van der Waals surface area contributed by atoms with Gasteiger partial charge in [-0.15, -0.1) is 0 Å². The van der Waals surface area contributed by atoms with Crippen LogP contribution in [0.15, 0.2) is 12.3 Å². The lowest BCUT2D eigenvalue weighted by molar-refractivity contribution is 0.277. The van der Waals surface area contributed by atoms with E-state index in [4.69, 9.17) is 5.73 Å². The molecule has 3 unspecified atom stereocenters. The van der Waals surface area contributed by atoms with Crippen LogP contribution in [-0.4, -0.2) is 12.1 Å². The first-order valence-electron chi connectivity index (χ1n) is 4.77. The standard InChI is InChI=1S/C10H20N2/c1-7(2)12-9-4-5-10(11)8(3)6-9/h8-10,12H,1,4-6,11H2,2-3H3. The van der Waals surface area contributed by atoms with Crippen molar-refractivity contribution in [3.05, 3.63) is 12.3 Å². The van der Waals surface area contributed by atoms with Crippen LogP contribution in [-0.2, 0) is 0 Å². The highest BCUT2D eigenvalue weighted by molar-refractivity contribution is 4.92. The van der Waals surface area contributed by atoms with Crippen molar-refractivity contribution in [2.75, 3.05) is 0 Å². The van der Waals surface area contributed by atoms with Gasteiger partial charge >= 0.3 is 0 Å². The smallest absolute Gasteiger partial charge is 0.0261 e. The maximum absolute atomic E-state index is 5.92. The summed E-state index contributed by atoms with van der Waals surface area (Å²) in [5, 5.41) is 3.38. The van der Waals surface area contributed by atoms with Crippen molar-refractivity contribution in [1.29, 1.82) is 0 Å². The summed E-state index contributed by atoms with van der Waals surface area (Å²) in [6.45, 7) is 8.10. The van der Waals surface area contributed by atoms with E-state index in [0.717, 1.165) is 12.1 Å². The van der Waals surface area contributed by atoms with Crippen molar-refractivity contribution >= 4 is 0 Å². The van der Waals surface area contributed by atoms with Crippen LogP contribution in [0.4, 0.5) is 0 Å². The second kappa shape index (κ2) is 3.94. The van der Waals surface area contributed by atoms with E-state index in [1.807, 2.05) is 6.92 Å². The van der Waals surface area contributed by atoms with Gasteiger partial charge in [0.2, 0.25) is 0 Å². The quantitative estimate of drug-likeness (QED) is 0.657. The average molecular weight is 168 g/mol. The molecule has 0 spiro atoms. The molecular formula is C10H20N2. The lowest BCUT2D eigenvalue weighted by atomic mass is 9.83. The van der Waals surface area contributed by atoms with Crippen molar-refractivity contribution in [3.63, 3.8) is 0 Å². The molecule has 0 saturated heterocycles. The molecule has 0 aromatic heterocycles. The third-order valence-corrected chi connectivity index (χ3v) is 2.69. The van der Waals surface area contributed by atoms with Gasteiger partial charge in [-0.1, -0.05) is 13.5 Å². The molecule has 0 heterocycles. The molecule has 70 valence electrons. The van der Waals surface area contributed by atoms with Crippen LogP contribution in [0.2, 0.25) is 0 Å². The monoisotopic (exact) mass is 168 g/mol. The van der Waals surface area contributed by atoms with Crippen molar-refractivity contribution in [2.45, 2.75) is 45.2 Å². The number of rotatable bonds is 2. The number of nitrogens with two attached hydrogens (primary N) is 1. The Hall–Kier alpha value is -0.500. The van der Waals surface area contributed by atoms with E-state index in [1.54, 1.807) is 0 Å². The minimum Gasteiger partial charge on any atom is -0.386 e. The molecule has 3 N–H and O–H groups in total. The summed E-state index contributed by atoms with van der Waals surface area (Å²) >= 11 is 0. The molecular weight excluding hydrogens is 148 g/mol. The summed E-state index contributed by atoms with van der Waals surface area (Å²) in [7, 11) is 0. The highest BCUT2D eigenvalue weighted by atomic mass is 14.9. The fourth-order valence-electron chi connectivity index (χ4n) is 1.90.